The van der Waals surface area contributed by atoms with Gasteiger partial charge in [-0.2, -0.15) is 13.2 Å². The Morgan fingerprint density at radius 2 is 1.60 bits per heavy atom. The molecule has 0 heterocycles. The average molecular weight is 433 g/mol. The number of halogens is 3. The molecule has 1 amide bonds. The lowest BCUT2D eigenvalue weighted by atomic mass is 9.82. The van der Waals surface area contributed by atoms with E-state index in [1.165, 1.54) is 26.0 Å². The van der Waals surface area contributed by atoms with Gasteiger partial charge in [0.25, 0.3) is 0 Å². The van der Waals surface area contributed by atoms with Crippen molar-refractivity contribution < 1.29 is 37.7 Å². The number of hydrogen-bond donors (Lipinski definition) is 3. The Kier molecular flexibility index (Phi) is 8.31. The highest BCUT2D eigenvalue weighted by molar-refractivity contribution is 5.73. The number of amides is 1. The van der Waals surface area contributed by atoms with Gasteiger partial charge in [-0.25, -0.2) is 4.79 Å². The largest absolute Gasteiger partial charge is 0.481 e. The number of carbonyl (C=O) groups excluding carboxylic acids is 1. The number of nitrogens with one attached hydrogen (secondary N) is 1. The molecule has 0 saturated heterocycles. The number of rotatable bonds is 8. The Morgan fingerprint density at radius 1 is 1.07 bits per heavy atom. The number of carboxylic acids is 1. The summed E-state index contributed by atoms with van der Waals surface area (Å²) in [7, 11) is 0. The Balaban J connectivity index is 3.15. The third-order valence-electron chi connectivity index (χ3n) is 4.71. The van der Waals surface area contributed by atoms with Gasteiger partial charge in [-0.05, 0) is 65.2 Å². The Morgan fingerprint density at radius 3 is 2.00 bits per heavy atom. The number of carboxylic acid groups (broad SMARTS) is 1. The third-order valence-corrected chi connectivity index (χ3v) is 4.71. The lowest BCUT2D eigenvalue weighted by Gasteiger charge is -2.31. The number of benzene rings is 1. The molecule has 1 aromatic carbocycles. The van der Waals surface area contributed by atoms with E-state index in [0.717, 1.165) is 12.1 Å². The molecule has 0 unspecified atom stereocenters. The average Bonchev–Trinajstić information content (AvgIpc) is 2.58. The van der Waals surface area contributed by atoms with Gasteiger partial charge < -0.3 is 20.3 Å². The summed E-state index contributed by atoms with van der Waals surface area (Å²) in [6, 6.07) is 3.55. The highest BCUT2D eigenvalue weighted by Crippen LogP contribution is 2.32. The monoisotopic (exact) mass is 433 g/mol. The van der Waals surface area contributed by atoms with Gasteiger partial charge in [0.2, 0.25) is 0 Å². The quantitative estimate of drug-likeness (QED) is 0.558. The fourth-order valence-electron chi connectivity index (χ4n) is 2.84. The van der Waals surface area contributed by atoms with E-state index in [0.29, 0.717) is 5.56 Å². The predicted molar refractivity (Wildman–Crippen MR) is 105 cm³/mol. The smallest absolute Gasteiger partial charge is 0.416 e. The molecule has 170 valence electrons. The lowest BCUT2D eigenvalue weighted by Crippen LogP contribution is -2.44. The van der Waals surface area contributed by atoms with Gasteiger partial charge >= 0.3 is 18.2 Å². The summed E-state index contributed by atoms with van der Waals surface area (Å²) in [5.41, 5.74) is -2.31. The van der Waals surface area contributed by atoms with Gasteiger partial charge in [0.1, 0.15) is 5.60 Å². The van der Waals surface area contributed by atoms with E-state index in [4.69, 9.17) is 4.74 Å². The van der Waals surface area contributed by atoms with Crippen LogP contribution in [0.15, 0.2) is 24.3 Å². The summed E-state index contributed by atoms with van der Waals surface area (Å²) in [5.74, 6) is -1.77. The highest BCUT2D eigenvalue weighted by Gasteiger charge is 2.34. The molecule has 0 saturated carbocycles. The maximum Gasteiger partial charge on any atom is 0.416 e. The fourth-order valence-corrected chi connectivity index (χ4v) is 2.84. The molecule has 6 nitrogen and oxygen atoms in total. The molecular weight excluding hydrogens is 403 g/mol. The summed E-state index contributed by atoms with van der Waals surface area (Å²) in [4.78, 5) is 23.7. The zero-order chi connectivity index (χ0) is 23.3. The molecule has 0 radical (unpaired) electrons. The van der Waals surface area contributed by atoms with Crippen LogP contribution in [0.4, 0.5) is 18.0 Å². The Hall–Kier alpha value is -2.29. The lowest BCUT2D eigenvalue weighted by molar-refractivity contribution is -0.147. The maximum atomic E-state index is 12.8. The molecule has 0 aliphatic rings. The van der Waals surface area contributed by atoms with Crippen LogP contribution in [0.25, 0.3) is 0 Å². The summed E-state index contributed by atoms with van der Waals surface area (Å²) in [6.07, 6.45) is -4.91. The standard InChI is InChI=1S/C21H30F3NO5/c1-19(2,3)30-18(29)25-16(10-11-20(4,5)17(27)28)15(12-26)13-6-8-14(9-7-13)21(22,23)24/h6-9,15-16,26H,10-12H2,1-5H3,(H,25,29)(H,27,28)/t15-,16-/m1/s1. The van der Waals surface area contributed by atoms with Crippen molar-refractivity contribution in [3.05, 3.63) is 35.4 Å². The summed E-state index contributed by atoms with van der Waals surface area (Å²) < 4.78 is 43.8. The molecule has 0 aromatic heterocycles. The first-order valence-electron chi connectivity index (χ1n) is 9.58. The minimum Gasteiger partial charge on any atom is -0.481 e. The molecule has 0 spiro atoms. The second kappa shape index (κ2) is 9.68. The molecule has 0 bridgehead atoms. The molecule has 1 rings (SSSR count). The van der Waals surface area contributed by atoms with Crippen LogP contribution < -0.4 is 5.32 Å². The highest BCUT2D eigenvalue weighted by atomic mass is 19.4. The topological polar surface area (TPSA) is 95.9 Å². The molecule has 2 atom stereocenters. The normalized spacial score (nSPS) is 14.7. The minimum atomic E-state index is -4.49. The number of carbonyl (C=O) groups is 2. The van der Waals surface area contributed by atoms with Crippen molar-refractivity contribution in [2.75, 3.05) is 6.61 Å². The SMILES string of the molecule is CC(C)(C)OC(=O)N[C@H](CCC(C)(C)C(=O)O)[C@H](CO)c1ccc(C(F)(F)F)cc1. The summed E-state index contributed by atoms with van der Waals surface area (Å²) >= 11 is 0. The summed E-state index contributed by atoms with van der Waals surface area (Å²) in [6.45, 7) is 7.63. The number of aliphatic carboxylic acids is 1. The van der Waals surface area contributed by atoms with E-state index in [1.54, 1.807) is 20.8 Å². The molecule has 9 heteroatoms. The van der Waals surface area contributed by atoms with Crippen LogP contribution in [0.5, 0.6) is 0 Å². The number of alkyl carbamates (subject to hydrolysis) is 1. The van der Waals surface area contributed by atoms with Crippen molar-refractivity contribution in [1.82, 2.24) is 5.32 Å². The molecule has 0 fully saturated rings. The maximum absolute atomic E-state index is 12.8. The zero-order valence-corrected chi connectivity index (χ0v) is 17.8. The number of ether oxygens (including phenoxy) is 1. The second-order valence-corrected chi connectivity index (χ2v) is 8.89. The van der Waals surface area contributed by atoms with Gasteiger partial charge in [0.15, 0.2) is 0 Å². The van der Waals surface area contributed by atoms with E-state index >= 15 is 0 Å². The molecular formula is C21H30F3NO5. The number of alkyl halides is 3. The van der Waals surface area contributed by atoms with Crippen LogP contribution in [0.1, 0.15) is 64.5 Å². The van der Waals surface area contributed by atoms with E-state index in [9.17, 15) is 33.0 Å². The van der Waals surface area contributed by atoms with E-state index < -0.39 is 53.4 Å². The second-order valence-electron chi connectivity index (χ2n) is 8.89. The predicted octanol–water partition coefficient (Wildman–Crippen LogP) is 4.57. The van der Waals surface area contributed by atoms with E-state index in [2.05, 4.69) is 5.32 Å². The van der Waals surface area contributed by atoms with Crippen LogP contribution >= 0.6 is 0 Å². The van der Waals surface area contributed by atoms with E-state index in [1.807, 2.05) is 0 Å². The number of hydrogen-bond acceptors (Lipinski definition) is 4. The van der Waals surface area contributed by atoms with Crippen molar-refractivity contribution in [2.45, 2.75) is 71.2 Å². The number of aliphatic hydroxyl groups is 1. The van der Waals surface area contributed by atoms with Gasteiger partial charge in [0.05, 0.1) is 17.6 Å². The van der Waals surface area contributed by atoms with Crippen molar-refractivity contribution in [1.29, 1.82) is 0 Å². The van der Waals surface area contributed by atoms with Crippen LogP contribution in [0.3, 0.4) is 0 Å². The fraction of sp³-hybridized carbons (Fsp3) is 0.619. The van der Waals surface area contributed by atoms with Crippen molar-refractivity contribution in [3.8, 4) is 0 Å². The van der Waals surface area contributed by atoms with Crippen LogP contribution in [-0.4, -0.2) is 40.5 Å². The van der Waals surface area contributed by atoms with Gasteiger partial charge in [0, 0.05) is 12.0 Å². The van der Waals surface area contributed by atoms with Crippen molar-refractivity contribution in [2.24, 2.45) is 5.41 Å². The molecule has 1 aromatic rings. The Labute approximate surface area is 174 Å². The molecule has 30 heavy (non-hydrogen) atoms. The van der Waals surface area contributed by atoms with E-state index in [-0.39, 0.29) is 12.8 Å². The van der Waals surface area contributed by atoms with Gasteiger partial charge in [-0.3, -0.25) is 4.79 Å². The molecule has 0 aliphatic heterocycles. The first kappa shape index (κ1) is 25.7. The molecule has 3 N–H and O–H groups in total. The van der Waals surface area contributed by atoms with Crippen molar-refractivity contribution >= 4 is 12.1 Å². The third kappa shape index (κ3) is 7.85. The summed E-state index contributed by atoms with van der Waals surface area (Å²) in [5, 5.41) is 21.9. The van der Waals surface area contributed by atoms with Gasteiger partial charge in [-0.15, -0.1) is 0 Å². The van der Waals surface area contributed by atoms with Crippen LogP contribution in [0.2, 0.25) is 0 Å². The van der Waals surface area contributed by atoms with Crippen molar-refractivity contribution in [3.63, 3.8) is 0 Å². The zero-order valence-electron chi connectivity index (χ0n) is 17.8. The molecule has 0 aliphatic carbocycles. The Bertz CT molecular complexity index is 724. The number of aliphatic hydroxyl groups excluding tert-OH is 1. The first-order chi connectivity index (χ1) is 13.6. The first-order valence-corrected chi connectivity index (χ1v) is 9.58. The van der Waals surface area contributed by atoms with Crippen LogP contribution in [-0.2, 0) is 15.7 Å². The minimum absolute atomic E-state index is 0.167. The van der Waals surface area contributed by atoms with Crippen LogP contribution in [0, 0.1) is 5.41 Å². The van der Waals surface area contributed by atoms with Gasteiger partial charge in [-0.1, -0.05) is 12.1 Å².